The predicted octanol–water partition coefficient (Wildman–Crippen LogP) is 0.940. The Hall–Kier alpha value is -1.20. The second-order valence-electron chi connectivity index (χ2n) is 8.34. The summed E-state index contributed by atoms with van der Waals surface area (Å²) >= 11 is 0. The maximum absolute atomic E-state index is 12.8. The molecular weight excluding hydrogens is 465 g/mol. The zero-order valence-electron chi connectivity index (χ0n) is 17.2. The summed E-state index contributed by atoms with van der Waals surface area (Å²) < 4.78 is 32.5. The summed E-state index contributed by atoms with van der Waals surface area (Å²) in [6.07, 6.45) is 7.84. The third-order valence-electron chi connectivity index (χ3n) is 6.72. The lowest BCUT2D eigenvalue weighted by Crippen LogP contribution is -2.47. The number of carbonyl (C=O) groups excluding carboxylic acids is 1. The molecule has 0 aromatic carbocycles. The molecule has 0 aliphatic carbocycles. The minimum absolute atomic E-state index is 0. The van der Waals surface area contributed by atoms with Gasteiger partial charge >= 0.3 is 0 Å². The fraction of sp³-hybridized carbons (Fsp3) is 0.737. The number of fused-ring (bicyclic) bond motifs is 5. The first-order valence-electron chi connectivity index (χ1n) is 10.5. The highest BCUT2D eigenvalue weighted by Crippen LogP contribution is 2.48. The lowest BCUT2D eigenvalue weighted by molar-refractivity contribution is -0.130. The number of piperazine rings is 1. The highest BCUT2D eigenvalue weighted by molar-refractivity contribution is 7.90. The molecule has 4 atom stereocenters. The Kier molecular flexibility index (Phi) is 7.68. The number of halogens is 2. The van der Waals surface area contributed by atoms with E-state index in [-0.39, 0.29) is 42.9 Å². The van der Waals surface area contributed by atoms with Crippen LogP contribution in [-0.2, 0) is 19.6 Å². The summed E-state index contributed by atoms with van der Waals surface area (Å²) in [4.78, 5) is 25.8. The lowest BCUT2D eigenvalue weighted by Gasteiger charge is -2.35. The number of nitrogens with zero attached hydrogens (tertiary/aromatic N) is 5. The smallest absolute Gasteiger partial charge is 0.243 e. The van der Waals surface area contributed by atoms with Gasteiger partial charge in [-0.2, -0.15) is 0 Å². The van der Waals surface area contributed by atoms with Crippen molar-refractivity contribution in [1.82, 2.24) is 19.2 Å². The number of aromatic nitrogens is 2. The Morgan fingerprint density at radius 1 is 1.00 bits per heavy atom. The van der Waals surface area contributed by atoms with Gasteiger partial charge in [-0.15, -0.1) is 24.8 Å². The summed E-state index contributed by atoms with van der Waals surface area (Å²) in [5.74, 6) is 0.209. The molecule has 4 unspecified atom stereocenters. The molecule has 1 aromatic heterocycles. The summed E-state index contributed by atoms with van der Waals surface area (Å²) in [5.41, 5.74) is 0. The molecule has 4 saturated heterocycles. The Morgan fingerprint density at radius 3 is 2.39 bits per heavy atom. The molecule has 0 radical (unpaired) electrons. The molecule has 1 aromatic rings. The highest BCUT2D eigenvalue weighted by atomic mass is 35.5. The monoisotopic (exact) mass is 493 g/mol. The molecule has 31 heavy (non-hydrogen) atoms. The van der Waals surface area contributed by atoms with Gasteiger partial charge in [0.25, 0.3) is 0 Å². The molecule has 0 spiro atoms. The summed E-state index contributed by atoms with van der Waals surface area (Å²) in [6, 6.07) is 0. The van der Waals surface area contributed by atoms with Crippen molar-refractivity contribution < 1.29 is 17.9 Å². The van der Waals surface area contributed by atoms with E-state index in [1.165, 1.54) is 0 Å². The first kappa shape index (κ1) is 24.4. The molecule has 9 nitrogen and oxygen atoms in total. The summed E-state index contributed by atoms with van der Waals surface area (Å²) in [5, 5.41) is -0.636. The average molecular weight is 494 g/mol. The second-order valence-corrected chi connectivity index (χ2v) is 10.4. The number of sulfonamides is 1. The Labute approximate surface area is 195 Å². The van der Waals surface area contributed by atoms with E-state index in [0.717, 1.165) is 62.1 Å². The molecule has 5 rings (SSSR count). The van der Waals surface area contributed by atoms with E-state index < -0.39 is 21.2 Å². The first-order chi connectivity index (χ1) is 14.1. The Bertz CT molecular complexity index is 869. The SMILES string of the molecule is Cl.Cl.O=C1C2C3CCC(O3)C2S(=O)(=O)N1CCCCN1CCN(c2cnccn2)CC1. The quantitative estimate of drug-likeness (QED) is 0.540. The molecule has 2 bridgehead atoms. The van der Waals surface area contributed by atoms with Crippen molar-refractivity contribution in [2.24, 2.45) is 5.92 Å². The van der Waals surface area contributed by atoms with Crippen molar-refractivity contribution in [2.45, 2.75) is 43.1 Å². The van der Waals surface area contributed by atoms with Gasteiger partial charge in [0.1, 0.15) is 11.1 Å². The van der Waals surface area contributed by atoms with Crippen molar-refractivity contribution in [3.8, 4) is 0 Å². The van der Waals surface area contributed by atoms with Crippen LogP contribution in [0, 0.1) is 5.92 Å². The van der Waals surface area contributed by atoms with E-state index in [2.05, 4.69) is 19.8 Å². The summed E-state index contributed by atoms with van der Waals surface area (Å²) in [6.45, 7) is 4.92. The first-order valence-corrected chi connectivity index (χ1v) is 12.0. The van der Waals surface area contributed by atoms with Crippen molar-refractivity contribution in [3.63, 3.8) is 0 Å². The van der Waals surface area contributed by atoms with E-state index in [1.54, 1.807) is 18.6 Å². The number of unbranched alkanes of at least 4 members (excludes halogenated alkanes) is 1. The Morgan fingerprint density at radius 2 is 1.71 bits per heavy atom. The van der Waals surface area contributed by atoms with E-state index in [0.29, 0.717) is 13.0 Å². The van der Waals surface area contributed by atoms with Gasteiger partial charge in [-0.1, -0.05) is 0 Å². The largest absolute Gasteiger partial charge is 0.373 e. The van der Waals surface area contributed by atoms with Crippen LogP contribution in [0.5, 0.6) is 0 Å². The van der Waals surface area contributed by atoms with Gasteiger partial charge in [0.2, 0.25) is 15.9 Å². The molecule has 0 N–H and O–H groups in total. The van der Waals surface area contributed by atoms with Crippen LogP contribution in [0.2, 0.25) is 0 Å². The van der Waals surface area contributed by atoms with Crippen molar-refractivity contribution in [2.75, 3.05) is 44.2 Å². The number of carbonyl (C=O) groups is 1. The van der Waals surface area contributed by atoms with Crippen LogP contribution in [0.4, 0.5) is 5.82 Å². The van der Waals surface area contributed by atoms with Crippen LogP contribution in [0.1, 0.15) is 25.7 Å². The van der Waals surface area contributed by atoms with Crippen LogP contribution in [0.3, 0.4) is 0 Å². The third kappa shape index (κ3) is 4.37. The van der Waals surface area contributed by atoms with Crippen molar-refractivity contribution in [3.05, 3.63) is 18.6 Å². The highest BCUT2D eigenvalue weighted by Gasteiger charge is 2.65. The van der Waals surface area contributed by atoms with Gasteiger partial charge in [0.15, 0.2) is 0 Å². The van der Waals surface area contributed by atoms with Gasteiger partial charge in [-0.05, 0) is 32.2 Å². The molecule has 174 valence electrons. The topological polar surface area (TPSA) is 95.9 Å². The van der Waals surface area contributed by atoms with Crippen molar-refractivity contribution >= 4 is 46.6 Å². The third-order valence-corrected chi connectivity index (χ3v) is 8.98. The van der Waals surface area contributed by atoms with Gasteiger partial charge < -0.3 is 9.64 Å². The standard InChI is InChI=1S/C19H27N5O4S.2ClH/c25-19-17-14-3-4-15(28-14)18(17)29(26,27)24(19)8-2-1-7-22-9-11-23(12-10-22)16-13-20-5-6-21-16;;/h5-6,13-15,17-18H,1-4,7-12H2;2*1H. The van der Waals surface area contributed by atoms with Crippen LogP contribution in [0.25, 0.3) is 0 Å². The number of amides is 1. The van der Waals surface area contributed by atoms with Crippen LogP contribution in [0.15, 0.2) is 18.6 Å². The fourth-order valence-corrected chi connectivity index (χ4v) is 7.53. The minimum atomic E-state index is -3.56. The molecule has 5 heterocycles. The molecule has 1 amide bonds. The van der Waals surface area contributed by atoms with E-state index in [9.17, 15) is 13.2 Å². The number of hydrogen-bond acceptors (Lipinski definition) is 8. The number of rotatable bonds is 6. The zero-order valence-corrected chi connectivity index (χ0v) is 19.7. The number of anilines is 1. The van der Waals surface area contributed by atoms with Crippen molar-refractivity contribution in [1.29, 1.82) is 0 Å². The molecule has 4 aliphatic heterocycles. The predicted molar refractivity (Wildman–Crippen MR) is 120 cm³/mol. The van der Waals surface area contributed by atoms with Crippen LogP contribution in [-0.4, -0.2) is 90.2 Å². The molecular formula is C19H29Cl2N5O4S. The second kappa shape index (κ2) is 9.74. The van der Waals surface area contributed by atoms with Crippen LogP contribution < -0.4 is 4.90 Å². The van der Waals surface area contributed by atoms with Gasteiger partial charge in [-0.3, -0.25) is 14.7 Å². The van der Waals surface area contributed by atoms with E-state index in [1.807, 2.05) is 0 Å². The van der Waals surface area contributed by atoms with E-state index >= 15 is 0 Å². The lowest BCUT2D eigenvalue weighted by atomic mass is 9.88. The minimum Gasteiger partial charge on any atom is -0.373 e. The van der Waals surface area contributed by atoms with Gasteiger partial charge in [-0.25, -0.2) is 17.7 Å². The number of hydrogen-bond donors (Lipinski definition) is 0. The maximum Gasteiger partial charge on any atom is 0.243 e. The maximum atomic E-state index is 12.8. The molecule has 4 aliphatic rings. The van der Waals surface area contributed by atoms with Gasteiger partial charge in [0.05, 0.1) is 24.3 Å². The van der Waals surface area contributed by atoms with Gasteiger partial charge in [0, 0.05) is 45.1 Å². The van der Waals surface area contributed by atoms with E-state index in [4.69, 9.17) is 4.74 Å². The molecule has 4 fully saturated rings. The fourth-order valence-electron chi connectivity index (χ4n) is 5.24. The zero-order chi connectivity index (χ0) is 20.0. The number of ether oxygens (including phenoxy) is 1. The van der Waals surface area contributed by atoms with Crippen LogP contribution >= 0.6 is 24.8 Å². The summed E-state index contributed by atoms with van der Waals surface area (Å²) in [7, 11) is -3.56. The molecule has 0 saturated carbocycles. The molecule has 12 heteroatoms. The average Bonchev–Trinajstić information content (AvgIpc) is 3.41. The Balaban J connectivity index is 0.00000136. The normalized spacial score (nSPS) is 31.3.